The molecular weight excluding hydrogens is 610 g/mol. The molecule has 0 aliphatic heterocycles. The van der Waals surface area contributed by atoms with Gasteiger partial charge in [-0.15, -0.1) is 0 Å². The van der Waals surface area contributed by atoms with E-state index in [1.165, 1.54) is 49.7 Å². The molecule has 47 heavy (non-hydrogen) atoms. The molecule has 0 bridgehead atoms. The number of methoxy groups -OCH3 is 1. The predicted molar refractivity (Wildman–Crippen MR) is 170 cm³/mol. The van der Waals surface area contributed by atoms with Gasteiger partial charge in [-0.05, 0) is 74.0 Å². The van der Waals surface area contributed by atoms with Crippen LogP contribution in [-0.4, -0.2) is 33.6 Å². The Hall–Kier alpha value is -6.44. The number of furan rings is 1. The lowest BCUT2D eigenvalue weighted by molar-refractivity contribution is -0.386. The average molecular weight is 640 g/mol. The molecule has 14 heteroatoms. The van der Waals surface area contributed by atoms with Gasteiger partial charge in [-0.2, -0.15) is 5.10 Å². The molecular formula is C33H29N5O9. The van der Waals surface area contributed by atoms with Crippen molar-refractivity contribution in [3.8, 4) is 22.9 Å². The fraction of sp³-hybridized carbons (Fsp3) is 0.152. The molecule has 0 fully saturated rings. The third kappa shape index (κ3) is 7.62. The molecule has 5 aromatic rings. The van der Waals surface area contributed by atoms with Crippen LogP contribution in [0.4, 0.5) is 11.4 Å². The number of hydrazone groups is 1. The first-order chi connectivity index (χ1) is 22.6. The third-order valence-electron chi connectivity index (χ3n) is 6.99. The van der Waals surface area contributed by atoms with Gasteiger partial charge in [0, 0.05) is 40.8 Å². The number of hydrogen-bond donors (Lipinski definition) is 1. The molecule has 2 heterocycles. The van der Waals surface area contributed by atoms with E-state index in [1.54, 1.807) is 12.1 Å². The van der Waals surface area contributed by atoms with Gasteiger partial charge in [-0.1, -0.05) is 12.1 Å². The SMILES string of the molecule is COc1cc(/C=N/NC(=O)c2ccc(COc3ccc(-n4c(C)ccc4C)cc3)o2)cc([N+](=O)[O-])c1OCc1cccc([N+](=O)[O-])c1. The average Bonchev–Trinajstić information content (AvgIpc) is 3.68. The zero-order chi connectivity index (χ0) is 33.5. The van der Waals surface area contributed by atoms with Gasteiger partial charge in [-0.25, -0.2) is 5.43 Å². The van der Waals surface area contributed by atoms with Crippen molar-refractivity contribution in [2.45, 2.75) is 27.1 Å². The molecule has 0 saturated carbocycles. The van der Waals surface area contributed by atoms with Crippen molar-refractivity contribution in [3.63, 3.8) is 0 Å². The van der Waals surface area contributed by atoms with Gasteiger partial charge >= 0.3 is 11.6 Å². The highest BCUT2D eigenvalue weighted by Gasteiger charge is 2.23. The molecule has 0 aliphatic carbocycles. The number of carbonyl (C=O) groups excluding carboxylic acids is 1. The molecule has 0 aliphatic rings. The van der Waals surface area contributed by atoms with Crippen LogP contribution in [0.25, 0.3) is 5.69 Å². The number of hydrogen-bond acceptors (Lipinski definition) is 10. The smallest absolute Gasteiger partial charge is 0.315 e. The number of rotatable bonds is 13. The second kappa shape index (κ2) is 14.1. The summed E-state index contributed by atoms with van der Waals surface area (Å²) in [5, 5.41) is 26.8. The van der Waals surface area contributed by atoms with Gasteiger partial charge in [0.2, 0.25) is 5.75 Å². The topological polar surface area (TPSA) is 173 Å². The van der Waals surface area contributed by atoms with E-state index in [1.807, 2.05) is 38.1 Å². The molecule has 14 nitrogen and oxygen atoms in total. The van der Waals surface area contributed by atoms with Crippen LogP contribution < -0.4 is 19.6 Å². The first-order valence-corrected chi connectivity index (χ1v) is 14.2. The second-order valence-corrected chi connectivity index (χ2v) is 10.2. The maximum atomic E-state index is 12.6. The van der Waals surface area contributed by atoms with Crippen molar-refractivity contribution in [3.05, 3.63) is 139 Å². The minimum absolute atomic E-state index is 0.0110. The van der Waals surface area contributed by atoms with Gasteiger partial charge in [0.15, 0.2) is 11.5 Å². The summed E-state index contributed by atoms with van der Waals surface area (Å²) in [6.45, 7) is 3.99. The molecule has 240 valence electrons. The largest absolute Gasteiger partial charge is 0.493 e. The number of amides is 1. The van der Waals surface area contributed by atoms with Gasteiger partial charge in [0.25, 0.3) is 5.69 Å². The lowest BCUT2D eigenvalue weighted by Crippen LogP contribution is -2.16. The van der Waals surface area contributed by atoms with Gasteiger partial charge in [-0.3, -0.25) is 25.0 Å². The van der Waals surface area contributed by atoms with E-state index in [-0.39, 0.29) is 41.7 Å². The summed E-state index contributed by atoms with van der Waals surface area (Å²) in [7, 11) is 1.31. The number of aryl methyl sites for hydroxylation is 2. The van der Waals surface area contributed by atoms with Crippen molar-refractivity contribution in [1.82, 2.24) is 9.99 Å². The molecule has 0 spiro atoms. The Morgan fingerprint density at radius 3 is 2.34 bits per heavy atom. The van der Waals surface area contributed by atoms with Crippen LogP contribution >= 0.6 is 0 Å². The number of aromatic nitrogens is 1. The normalized spacial score (nSPS) is 11.0. The maximum absolute atomic E-state index is 12.6. The van der Waals surface area contributed by atoms with E-state index in [0.29, 0.717) is 17.1 Å². The number of benzene rings is 3. The fourth-order valence-corrected chi connectivity index (χ4v) is 4.75. The maximum Gasteiger partial charge on any atom is 0.315 e. The molecule has 1 amide bonds. The molecule has 0 radical (unpaired) electrons. The van der Waals surface area contributed by atoms with E-state index in [4.69, 9.17) is 18.6 Å². The molecule has 2 aromatic heterocycles. The Morgan fingerprint density at radius 2 is 1.66 bits per heavy atom. The standard InChI is InChI=1S/C33H29N5O9/c1-21-7-8-22(2)36(21)25-9-11-27(12-10-25)45-20-28-13-14-30(47-28)33(39)35-34-18-24-16-29(38(42)43)32(31(17-24)44-3)46-19-23-5-4-6-26(15-23)37(40)41/h4-18H,19-20H2,1-3H3,(H,35,39)/b34-18+. The van der Waals surface area contributed by atoms with Gasteiger partial charge < -0.3 is 23.2 Å². The molecule has 0 unspecified atom stereocenters. The Balaban J connectivity index is 1.19. The number of nitro groups is 2. The summed E-state index contributed by atoms with van der Waals surface area (Å²) in [6.07, 6.45) is 1.20. The zero-order valence-electron chi connectivity index (χ0n) is 25.5. The van der Waals surface area contributed by atoms with Gasteiger partial charge in [0.05, 0.1) is 23.2 Å². The van der Waals surface area contributed by atoms with E-state index < -0.39 is 21.4 Å². The molecule has 1 N–H and O–H groups in total. The van der Waals surface area contributed by atoms with E-state index in [0.717, 1.165) is 17.1 Å². The van der Waals surface area contributed by atoms with Crippen molar-refractivity contribution < 1.29 is 33.3 Å². The minimum atomic E-state index is -0.661. The molecule has 5 rings (SSSR count). The summed E-state index contributed by atoms with van der Waals surface area (Å²) in [5.74, 6) is 0.251. The lowest BCUT2D eigenvalue weighted by Gasteiger charge is -2.12. The molecule has 0 saturated heterocycles. The Morgan fingerprint density at radius 1 is 0.915 bits per heavy atom. The first kappa shape index (κ1) is 32.0. The summed E-state index contributed by atoms with van der Waals surface area (Å²) in [6, 6.07) is 23.2. The summed E-state index contributed by atoms with van der Waals surface area (Å²) < 4.78 is 24.5. The number of nitro benzene ring substituents is 2. The van der Waals surface area contributed by atoms with Crippen LogP contribution in [-0.2, 0) is 13.2 Å². The predicted octanol–water partition coefficient (Wildman–Crippen LogP) is 6.43. The second-order valence-electron chi connectivity index (χ2n) is 10.2. The quantitative estimate of drug-likeness (QED) is 0.0864. The van der Waals surface area contributed by atoms with Crippen LogP contribution in [0.15, 0.2) is 94.4 Å². The highest BCUT2D eigenvalue weighted by molar-refractivity contribution is 5.92. The number of nitrogens with one attached hydrogen (secondary N) is 1. The van der Waals surface area contributed by atoms with Crippen LogP contribution in [0, 0.1) is 34.1 Å². The minimum Gasteiger partial charge on any atom is -0.493 e. The van der Waals surface area contributed by atoms with Gasteiger partial charge in [0.1, 0.15) is 24.7 Å². The summed E-state index contributed by atoms with van der Waals surface area (Å²) in [4.78, 5) is 34.3. The molecule has 3 aromatic carbocycles. The number of nitrogens with zero attached hydrogens (tertiary/aromatic N) is 4. The fourth-order valence-electron chi connectivity index (χ4n) is 4.75. The molecule has 0 atom stereocenters. The van der Waals surface area contributed by atoms with Crippen LogP contribution in [0.5, 0.6) is 17.2 Å². The van der Waals surface area contributed by atoms with Crippen molar-refractivity contribution in [2.24, 2.45) is 5.10 Å². The summed E-state index contributed by atoms with van der Waals surface area (Å²) in [5.41, 5.74) is 5.70. The van der Waals surface area contributed by atoms with Crippen molar-refractivity contribution in [1.29, 1.82) is 0 Å². The van der Waals surface area contributed by atoms with E-state index >= 15 is 0 Å². The van der Waals surface area contributed by atoms with Crippen LogP contribution in [0.3, 0.4) is 0 Å². The number of non-ortho nitro benzene ring substituents is 1. The highest BCUT2D eigenvalue weighted by atomic mass is 16.6. The Labute approximate surface area is 268 Å². The lowest BCUT2D eigenvalue weighted by atomic mass is 10.1. The van der Waals surface area contributed by atoms with Crippen molar-refractivity contribution >= 4 is 23.5 Å². The monoisotopic (exact) mass is 639 g/mol. The van der Waals surface area contributed by atoms with E-state index in [9.17, 15) is 25.0 Å². The van der Waals surface area contributed by atoms with E-state index in [2.05, 4.69) is 27.2 Å². The summed E-state index contributed by atoms with van der Waals surface area (Å²) >= 11 is 0. The third-order valence-corrected chi connectivity index (χ3v) is 6.99. The Bertz CT molecular complexity index is 1940. The zero-order valence-corrected chi connectivity index (χ0v) is 25.5. The Kier molecular flexibility index (Phi) is 9.60. The first-order valence-electron chi connectivity index (χ1n) is 14.2. The number of carbonyl (C=O) groups is 1. The van der Waals surface area contributed by atoms with Crippen LogP contribution in [0.1, 0.15) is 38.8 Å². The highest BCUT2D eigenvalue weighted by Crippen LogP contribution is 2.38. The number of ether oxygens (including phenoxy) is 3. The van der Waals surface area contributed by atoms with Crippen molar-refractivity contribution in [2.75, 3.05) is 7.11 Å². The van der Waals surface area contributed by atoms with Crippen LogP contribution in [0.2, 0.25) is 0 Å².